The second-order valence-corrected chi connectivity index (χ2v) is 7.05. The Hall–Kier alpha value is -3.25. The van der Waals surface area contributed by atoms with Crippen LogP contribution in [0.2, 0.25) is 0 Å². The number of benzene rings is 3. The van der Waals surface area contributed by atoms with Gasteiger partial charge in [-0.1, -0.05) is 43.1 Å². The fourth-order valence-corrected chi connectivity index (χ4v) is 3.55. The molecule has 0 unspecified atom stereocenters. The van der Waals surface area contributed by atoms with Gasteiger partial charge in [0.05, 0.1) is 5.69 Å². The Morgan fingerprint density at radius 1 is 1.07 bits per heavy atom. The summed E-state index contributed by atoms with van der Waals surface area (Å²) in [5, 5.41) is 10.4. The van der Waals surface area contributed by atoms with Crippen molar-refractivity contribution in [3.05, 3.63) is 78.1 Å². The van der Waals surface area contributed by atoms with E-state index in [-0.39, 0.29) is 11.3 Å². The zero-order valence-electron chi connectivity index (χ0n) is 15.6. The van der Waals surface area contributed by atoms with E-state index in [2.05, 4.69) is 12.8 Å². The molecule has 0 aliphatic heterocycles. The third kappa shape index (κ3) is 3.47. The van der Waals surface area contributed by atoms with Crippen molar-refractivity contribution in [1.29, 1.82) is 0 Å². The van der Waals surface area contributed by atoms with Gasteiger partial charge in [0, 0.05) is 29.1 Å². The highest BCUT2D eigenvalue weighted by atomic mass is 32.1. The van der Waals surface area contributed by atoms with Gasteiger partial charge < -0.3 is 13.8 Å². The van der Waals surface area contributed by atoms with E-state index in [4.69, 9.17) is 4.42 Å². The molecule has 0 aliphatic carbocycles. The second-order valence-electron chi connectivity index (χ2n) is 6.57. The van der Waals surface area contributed by atoms with Gasteiger partial charge >= 0.3 is 5.97 Å². The number of thiol groups is 1. The number of carboxylic acid groups (broad SMARTS) is 1. The minimum atomic E-state index is -1.10. The van der Waals surface area contributed by atoms with E-state index in [1.807, 2.05) is 43.3 Å². The first kappa shape index (κ1) is 19.1. The van der Waals surface area contributed by atoms with E-state index in [0.29, 0.717) is 23.1 Å². The van der Waals surface area contributed by atoms with Crippen molar-refractivity contribution in [2.45, 2.75) is 6.92 Å². The summed E-state index contributed by atoms with van der Waals surface area (Å²) in [6, 6.07) is 18.9. The highest BCUT2D eigenvalue weighted by Crippen LogP contribution is 2.41. The zero-order chi connectivity index (χ0) is 20.5. The predicted octanol–water partition coefficient (Wildman–Crippen LogP) is 6.28. The fraction of sp³-hybridized carbons (Fsp3) is 0.0870. The summed E-state index contributed by atoms with van der Waals surface area (Å²) >= 11 is 4.55. The molecule has 0 radical (unpaired) electrons. The van der Waals surface area contributed by atoms with E-state index in [9.17, 15) is 14.3 Å². The molecule has 0 saturated carbocycles. The van der Waals surface area contributed by atoms with Gasteiger partial charge in [-0.05, 0) is 42.8 Å². The lowest BCUT2D eigenvalue weighted by Crippen LogP contribution is -2.10. The summed E-state index contributed by atoms with van der Waals surface area (Å²) in [6.07, 6.45) is 0. The van der Waals surface area contributed by atoms with Crippen molar-refractivity contribution >= 4 is 35.4 Å². The minimum absolute atomic E-state index is 0.0533. The van der Waals surface area contributed by atoms with Gasteiger partial charge in [-0.3, -0.25) is 0 Å². The number of nitrogens with zero attached hydrogens (tertiary/aromatic N) is 1. The Morgan fingerprint density at radius 2 is 1.76 bits per heavy atom. The summed E-state index contributed by atoms with van der Waals surface area (Å²) in [7, 11) is 0. The first-order valence-corrected chi connectivity index (χ1v) is 9.51. The average Bonchev–Trinajstić information content (AvgIpc) is 3.12. The molecule has 0 fully saturated rings. The maximum absolute atomic E-state index is 13.3. The van der Waals surface area contributed by atoms with Gasteiger partial charge in [0.1, 0.15) is 22.7 Å². The molecule has 3 aromatic carbocycles. The molecule has 4 nitrogen and oxygen atoms in total. The molecule has 1 heterocycles. The summed E-state index contributed by atoms with van der Waals surface area (Å²) in [6.45, 7) is 2.62. The van der Waals surface area contributed by atoms with Crippen LogP contribution in [-0.2, 0) is 0 Å². The summed E-state index contributed by atoms with van der Waals surface area (Å²) in [4.78, 5) is 12.1. The zero-order valence-corrected chi connectivity index (χ0v) is 16.5. The van der Waals surface area contributed by atoms with Crippen LogP contribution in [0.15, 0.2) is 71.1 Å². The smallest absolute Gasteiger partial charge is 0.340 e. The minimum Gasteiger partial charge on any atom is -0.478 e. The Bertz CT molecular complexity index is 1190. The number of halogens is 1. The number of rotatable bonds is 5. The molecule has 0 saturated heterocycles. The highest BCUT2D eigenvalue weighted by Gasteiger charge is 2.24. The first-order chi connectivity index (χ1) is 14.0. The number of hydrogen-bond donors (Lipinski definition) is 2. The van der Waals surface area contributed by atoms with E-state index in [1.165, 1.54) is 24.3 Å². The van der Waals surface area contributed by atoms with Gasteiger partial charge in [-0.25, -0.2) is 9.18 Å². The normalized spacial score (nSPS) is 11.0. The Labute approximate surface area is 172 Å². The molecule has 0 amide bonds. The van der Waals surface area contributed by atoms with Crippen LogP contribution in [0, 0.1) is 5.82 Å². The van der Waals surface area contributed by atoms with Crippen LogP contribution in [0.1, 0.15) is 17.3 Å². The number of aromatic carboxylic acids is 1. The van der Waals surface area contributed by atoms with Crippen LogP contribution in [0.3, 0.4) is 0 Å². The molecule has 0 atom stereocenters. The monoisotopic (exact) mass is 407 g/mol. The van der Waals surface area contributed by atoms with Crippen molar-refractivity contribution in [2.24, 2.45) is 0 Å². The molecular weight excluding hydrogens is 389 g/mol. The van der Waals surface area contributed by atoms with Crippen molar-refractivity contribution in [2.75, 3.05) is 10.8 Å². The Kier molecular flexibility index (Phi) is 5.03. The van der Waals surface area contributed by atoms with Crippen molar-refractivity contribution in [3.8, 4) is 22.5 Å². The summed E-state index contributed by atoms with van der Waals surface area (Å²) in [5.74, 6) is -1.30. The number of fused-ring (bicyclic) bond motifs is 1. The first-order valence-electron chi connectivity index (χ1n) is 9.11. The Morgan fingerprint density at radius 3 is 2.38 bits per heavy atom. The molecule has 29 heavy (non-hydrogen) atoms. The lowest BCUT2D eigenvalue weighted by Gasteiger charge is -2.19. The lowest BCUT2D eigenvalue weighted by atomic mass is 9.99. The van der Waals surface area contributed by atoms with Gasteiger partial charge in [0.25, 0.3) is 0 Å². The standard InChI is InChI=1S/C23H18FNO3S/c1-2-25(29)19-13-20-18(12-17(19)14-6-4-3-5-7-14)21(23(26)27)22(28-20)15-8-10-16(24)11-9-15/h3-13,29H,2H2,1H3,(H,26,27). The fourth-order valence-electron chi connectivity index (χ4n) is 3.38. The number of carboxylic acids is 1. The molecule has 0 aliphatic rings. The summed E-state index contributed by atoms with van der Waals surface area (Å²) in [5.41, 5.74) is 3.59. The van der Waals surface area contributed by atoms with Crippen LogP contribution < -0.4 is 4.31 Å². The highest BCUT2D eigenvalue weighted by molar-refractivity contribution is 7.81. The molecule has 146 valence electrons. The van der Waals surface area contributed by atoms with E-state index in [1.54, 1.807) is 10.4 Å². The van der Waals surface area contributed by atoms with Gasteiger partial charge in [0.2, 0.25) is 0 Å². The largest absolute Gasteiger partial charge is 0.478 e. The van der Waals surface area contributed by atoms with Crippen molar-refractivity contribution in [3.63, 3.8) is 0 Å². The SMILES string of the molecule is CCN(S)c1cc2oc(-c3ccc(F)cc3)c(C(=O)O)c2cc1-c1ccccc1. The van der Waals surface area contributed by atoms with Gasteiger partial charge in [-0.15, -0.1) is 0 Å². The molecule has 4 aromatic rings. The molecular formula is C23H18FNO3S. The number of anilines is 1. The van der Waals surface area contributed by atoms with Crippen LogP contribution in [0.25, 0.3) is 33.4 Å². The van der Waals surface area contributed by atoms with E-state index < -0.39 is 11.8 Å². The summed E-state index contributed by atoms with van der Waals surface area (Å²) < 4.78 is 21.1. The van der Waals surface area contributed by atoms with E-state index >= 15 is 0 Å². The quantitative estimate of drug-likeness (QED) is 0.383. The van der Waals surface area contributed by atoms with Crippen LogP contribution in [0.4, 0.5) is 10.1 Å². The number of furan rings is 1. The topological polar surface area (TPSA) is 53.7 Å². The molecule has 4 rings (SSSR count). The van der Waals surface area contributed by atoms with Crippen molar-refractivity contribution < 1.29 is 18.7 Å². The lowest BCUT2D eigenvalue weighted by molar-refractivity contribution is 0.0699. The maximum atomic E-state index is 13.3. The number of hydrogen-bond acceptors (Lipinski definition) is 4. The van der Waals surface area contributed by atoms with Crippen molar-refractivity contribution in [1.82, 2.24) is 0 Å². The molecule has 1 aromatic heterocycles. The van der Waals surface area contributed by atoms with Gasteiger partial charge in [-0.2, -0.15) is 0 Å². The Balaban J connectivity index is 2.03. The van der Waals surface area contributed by atoms with Crippen LogP contribution >= 0.6 is 12.8 Å². The number of carbonyl (C=O) groups is 1. The molecule has 0 bridgehead atoms. The van der Waals surface area contributed by atoms with E-state index in [0.717, 1.165) is 16.8 Å². The average molecular weight is 407 g/mol. The molecule has 6 heteroatoms. The van der Waals surface area contributed by atoms with Crippen LogP contribution in [-0.4, -0.2) is 17.6 Å². The molecule has 1 N–H and O–H groups in total. The second kappa shape index (κ2) is 7.64. The predicted molar refractivity (Wildman–Crippen MR) is 116 cm³/mol. The van der Waals surface area contributed by atoms with Crippen LogP contribution in [0.5, 0.6) is 0 Å². The maximum Gasteiger partial charge on any atom is 0.340 e. The third-order valence-corrected chi connectivity index (χ3v) is 5.29. The third-order valence-electron chi connectivity index (χ3n) is 4.79. The van der Waals surface area contributed by atoms with Gasteiger partial charge in [0.15, 0.2) is 0 Å². The molecule has 0 spiro atoms.